The van der Waals surface area contributed by atoms with Crippen LogP contribution in [-0.4, -0.2) is 38.7 Å². The normalized spacial score (nSPS) is 17.0. The summed E-state index contributed by atoms with van der Waals surface area (Å²) in [7, 11) is 0. The van der Waals surface area contributed by atoms with E-state index in [0.29, 0.717) is 45.7 Å². The summed E-state index contributed by atoms with van der Waals surface area (Å²) < 4.78 is 8.12. The topological polar surface area (TPSA) is 99.2 Å². The Labute approximate surface area is 220 Å². The first-order valence-corrected chi connectivity index (χ1v) is 13.1. The van der Waals surface area contributed by atoms with Crippen molar-refractivity contribution in [3.63, 3.8) is 0 Å². The van der Waals surface area contributed by atoms with Gasteiger partial charge in [-0.05, 0) is 61.9 Å². The molecule has 4 aromatic rings. The van der Waals surface area contributed by atoms with Crippen LogP contribution in [-0.2, 0) is 0 Å². The van der Waals surface area contributed by atoms with Gasteiger partial charge in [0, 0.05) is 30.1 Å². The number of hydrogen-bond acceptors (Lipinski definition) is 7. The number of nitrogens with zero attached hydrogens (tertiary/aromatic N) is 5. The van der Waals surface area contributed by atoms with E-state index < -0.39 is 0 Å². The monoisotopic (exact) mass is 516 g/mol. The smallest absolute Gasteiger partial charge is 0.354 e. The minimum Gasteiger partial charge on any atom is -0.489 e. The highest BCUT2D eigenvalue weighted by molar-refractivity contribution is 6.36. The largest absolute Gasteiger partial charge is 0.489 e. The van der Waals surface area contributed by atoms with Crippen LogP contribution in [0.1, 0.15) is 50.3 Å². The van der Waals surface area contributed by atoms with Crippen LogP contribution >= 0.6 is 11.6 Å². The lowest BCUT2D eigenvalue weighted by Gasteiger charge is -2.35. The number of pyridine rings is 2. The summed E-state index contributed by atoms with van der Waals surface area (Å²) >= 11 is 7.07. The number of nitrogens with two attached hydrogens (primary N) is 1. The lowest BCUT2D eigenvalue weighted by molar-refractivity contribution is 0.268. The molecule has 0 aliphatic carbocycles. The summed E-state index contributed by atoms with van der Waals surface area (Å²) in [6, 6.07) is 7.66. The minimum atomic E-state index is -0.356. The fraction of sp³-hybridized carbons (Fsp3) is 0.357. The van der Waals surface area contributed by atoms with Crippen LogP contribution in [0, 0.1) is 6.92 Å². The van der Waals surface area contributed by atoms with Gasteiger partial charge in [0.25, 0.3) is 0 Å². The fourth-order valence-corrected chi connectivity index (χ4v) is 5.94. The Morgan fingerprint density at radius 3 is 2.78 bits per heavy atom. The molecule has 2 aliphatic heterocycles. The number of ether oxygens (including phenoxy) is 1. The third kappa shape index (κ3) is 3.73. The predicted octanol–water partition coefficient (Wildman–Crippen LogP) is 5.26. The number of halogens is 1. The van der Waals surface area contributed by atoms with Crippen LogP contribution < -0.4 is 21.1 Å². The van der Waals surface area contributed by atoms with Gasteiger partial charge in [0.15, 0.2) is 5.75 Å². The third-order valence-electron chi connectivity index (χ3n) is 7.43. The lowest BCUT2D eigenvalue weighted by Crippen LogP contribution is -2.43. The number of fused-ring (bicyclic) bond motifs is 2. The quantitative estimate of drug-likeness (QED) is 0.396. The fourth-order valence-electron chi connectivity index (χ4n) is 5.63. The van der Waals surface area contributed by atoms with E-state index in [1.54, 1.807) is 17.0 Å². The molecule has 6 rings (SSSR count). The lowest BCUT2D eigenvalue weighted by atomic mass is 10.00. The number of aromatic nitrogens is 4. The average molecular weight is 517 g/mol. The van der Waals surface area contributed by atoms with Crippen LogP contribution in [0.25, 0.3) is 27.7 Å². The average Bonchev–Trinajstić information content (AvgIpc) is 3.05. The summed E-state index contributed by atoms with van der Waals surface area (Å²) in [5.41, 5.74) is 10.4. The highest BCUT2D eigenvalue weighted by Gasteiger charge is 2.34. The van der Waals surface area contributed by atoms with Crippen molar-refractivity contribution in [1.29, 1.82) is 0 Å². The maximum absolute atomic E-state index is 13.9. The minimum absolute atomic E-state index is 0.0927. The first kappa shape index (κ1) is 23.7. The predicted molar refractivity (Wildman–Crippen MR) is 147 cm³/mol. The van der Waals surface area contributed by atoms with Gasteiger partial charge >= 0.3 is 5.69 Å². The Balaban J connectivity index is 1.78. The molecule has 1 fully saturated rings. The summed E-state index contributed by atoms with van der Waals surface area (Å²) in [6.45, 7) is 7.41. The zero-order chi connectivity index (χ0) is 25.8. The Hall–Kier alpha value is -3.65. The van der Waals surface area contributed by atoms with Crippen molar-refractivity contribution >= 4 is 34.1 Å². The molecule has 0 spiro atoms. The van der Waals surface area contributed by atoms with Crippen molar-refractivity contribution in [3.8, 4) is 22.6 Å². The number of anilines is 2. The van der Waals surface area contributed by atoms with E-state index in [2.05, 4.69) is 33.7 Å². The molecule has 2 N–H and O–H groups in total. The van der Waals surface area contributed by atoms with Crippen LogP contribution in [0.3, 0.4) is 0 Å². The molecule has 0 radical (unpaired) electrons. The van der Waals surface area contributed by atoms with E-state index in [1.807, 2.05) is 31.2 Å². The van der Waals surface area contributed by atoms with E-state index >= 15 is 0 Å². The second kappa shape index (κ2) is 9.03. The molecule has 0 amide bonds. The highest BCUT2D eigenvalue weighted by Crippen LogP contribution is 2.47. The molecular weight excluding hydrogens is 488 g/mol. The zero-order valence-corrected chi connectivity index (χ0v) is 21.9. The molecule has 1 aromatic carbocycles. The van der Waals surface area contributed by atoms with Gasteiger partial charge in [-0.15, -0.1) is 0 Å². The Morgan fingerprint density at radius 1 is 1.16 bits per heavy atom. The molecule has 0 saturated carbocycles. The van der Waals surface area contributed by atoms with E-state index in [4.69, 9.17) is 22.1 Å². The Morgan fingerprint density at radius 2 is 2.00 bits per heavy atom. The van der Waals surface area contributed by atoms with Gasteiger partial charge in [-0.3, -0.25) is 9.55 Å². The molecule has 8 nitrogen and oxygen atoms in total. The van der Waals surface area contributed by atoms with Gasteiger partial charge in [-0.25, -0.2) is 9.78 Å². The van der Waals surface area contributed by atoms with Gasteiger partial charge in [-0.1, -0.05) is 25.4 Å². The van der Waals surface area contributed by atoms with E-state index in [0.717, 1.165) is 48.1 Å². The molecule has 0 unspecified atom stereocenters. The van der Waals surface area contributed by atoms with Crippen molar-refractivity contribution in [2.45, 2.75) is 52.0 Å². The standard InChI is InChI=1S/C28H29ClN6O2/c1-15(2)23-24(16(3)9-11-31-23)35-20-13-19(18-8-6-10-32-26(18)30)22(29)25-21(20)27(33-28(35)36)34-12-5-4-7-17(34)14-37-25/h6,8-11,13,15,17H,4-5,7,12,14H2,1-3H3,(H2,30,32)/t17-/m0/s1. The van der Waals surface area contributed by atoms with Gasteiger partial charge in [0.05, 0.1) is 33.3 Å². The maximum atomic E-state index is 13.9. The second-order valence-corrected chi connectivity index (χ2v) is 10.5. The molecule has 1 atom stereocenters. The van der Waals surface area contributed by atoms with Gasteiger partial charge in [0.1, 0.15) is 18.2 Å². The molecule has 37 heavy (non-hydrogen) atoms. The molecule has 190 valence electrons. The second-order valence-electron chi connectivity index (χ2n) is 10.1. The molecular formula is C28H29ClN6O2. The number of piperidine rings is 1. The van der Waals surface area contributed by atoms with Crippen LogP contribution in [0.15, 0.2) is 41.5 Å². The van der Waals surface area contributed by atoms with Gasteiger partial charge < -0.3 is 15.4 Å². The van der Waals surface area contributed by atoms with E-state index in [-0.39, 0.29) is 17.6 Å². The number of hydrogen-bond donors (Lipinski definition) is 1. The molecule has 0 bridgehead atoms. The van der Waals surface area contributed by atoms with Gasteiger partial charge in [0.2, 0.25) is 0 Å². The summed E-state index contributed by atoms with van der Waals surface area (Å²) in [6.07, 6.45) is 6.54. The highest BCUT2D eigenvalue weighted by atomic mass is 35.5. The van der Waals surface area contributed by atoms with Crippen LogP contribution in [0.4, 0.5) is 11.6 Å². The van der Waals surface area contributed by atoms with Crippen molar-refractivity contribution in [3.05, 3.63) is 63.4 Å². The summed E-state index contributed by atoms with van der Waals surface area (Å²) in [4.78, 5) is 29.8. The van der Waals surface area contributed by atoms with E-state index in [1.165, 1.54) is 0 Å². The zero-order valence-electron chi connectivity index (χ0n) is 21.2. The Bertz CT molecular complexity index is 1600. The molecule has 1 saturated heterocycles. The van der Waals surface area contributed by atoms with Crippen LogP contribution in [0.5, 0.6) is 5.75 Å². The van der Waals surface area contributed by atoms with Crippen LogP contribution in [0.2, 0.25) is 5.02 Å². The maximum Gasteiger partial charge on any atom is 0.354 e. The van der Waals surface area contributed by atoms with Crippen molar-refractivity contribution in [1.82, 2.24) is 19.5 Å². The first-order chi connectivity index (χ1) is 17.9. The van der Waals surface area contributed by atoms with Crippen molar-refractivity contribution in [2.75, 3.05) is 23.8 Å². The molecule has 9 heteroatoms. The third-order valence-corrected chi connectivity index (χ3v) is 7.81. The number of aryl methyl sites for hydroxylation is 1. The van der Waals surface area contributed by atoms with Crippen molar-refractivity contribution < 1.29 is 4.74 Å². The molecule has 5 heterocycles. The van der Waals surface area contributed by atoms with Crippen molar-refractivity contribution in [2.24, 2.45) is 0 Å². The first-order valence-electron chi connectivity index (χ1n) is 12.7. The summed E-state index contributed by atoms with van der Waals surface area (Å²) in [5, 5.41) is 1.17. The Kier molecular flexibility index (Phi) is 5.79. The number of rotatable bonds is 3. The molecule has 3 aromatic heterocycles. The molecule has 2 aliphatic rings. The SMILES string of the molecule is Cc1ccnc(C(C)C)c1-n1c(=O)nc2c3c(c(Cl)c(-c4cccnc4N)cc31)OC[C@@H]1CCCCN21. The van der Waals surface area contributed by atoms with Gasteiger partial charge in [-0.2, -0.15) is 4.98 Å². The number of nitrogen functional groups attached to an aromatic ring is 1. The number of benzene rings is 1. The summed E-state index contributed by atoms with van der Waals surface area (Å²) in [5.74, 6) is 1.60. The van der Waals surface area contributed by atoms with E-state index in [9.17, 15) is 4.79 Å².